The lowest BCUT2D eigenvalue weighted by atomic mass is 9.70. The number of carbonyl (C=O) groups excluding carboxylic acids is 3. The highest BCUT2D eigenvalue weighted by Crippen LogP contribution is 2.54. The van der Waals surface area contributed by atoms with Crippen molar-refractivity contribution >= 4 is 17.7 Å². The standard InChI is InChI=1S/C40H56NO10.ClH/c1-7-26-12-11-13-33(51-35(43)22-41-16-9-8-10-17-41)23(2)36(44)32-20-30-28(31(32)21-34(42)49-26)15-14-25-18-27(19-29(25)30)50-40-39(47-6)38(46-5)37(45-4)24(3)48-40;/h8-10,14-17,20,23-31,33,37-40H,7,11-13,18-19,21-22H2,1-6H3;1H/q+1;/p-1/t23-,24+,25-,26+,27-,28-,29-,30-,31+,33+,37+,38-,39-,40+;/m1./s1. The molecule has 11 nitrogen and oxygen atoms in total. The van der Waals surface area contributed by atoms with Gasteiger partial charge in [0, 0.05) is 39.4 Å². The number of esters is 2. The van der Waals surface area contributed by atoms with Crippen molar-refractivity contribution < 1.29 is 64.5 Å². The minimum atomic E-state index is -0.619. The number of ketones is 1. The number of cyclic esters (lactones) is 1. The Hall–Kier alpha value is -2.67. The molecular formula is C40H56ClNO10. The summed E-state index contributed by atoms with van der Waals surface area (Å²) in [5, 5.41) is 0. The average molecular weight is 746 g/mol. The molecule has 3 heterocycles. The molecule has 52 heavy (non-hydrogen) atoms. The summed E-state index contributed by atoms with van der Waals surface area (Å²) in [6.07, 6.45) is 11.7. The second-order valence-corrected chi connectivity index (χ2v) is 15.0. The second-order valence-electron chi connectivity index (χ2n) is 15.0. The summed E-state index contributed by atoms with van der Waals surface area (Å²) >= 11 is 0. The van der Waals surface area contributed by atoms with Gasteiger partial charge in [-0.15, -0.1) is 0 Å². The minimum Gasteiger partial charge on any atom is -1.00 e. The summed E-state index contributed by atoms with van der Waals surface area (Å²) in [6.45, 7) is 5.90. The minimum absolute atomic E-state index is 0. The van der Waals surface area contributed by atoms with E-state index in [2.05, 4.69) is 18.2 Å². The highest BCUT2D eigenvalue weighted by molar-refractivity contribution is 5.99. The third-order valence-electron chi connectivity index (χ3n) is 12.0. The smallest absolute Gasteiger partial charge is 0.372 e. The van der Waals surface area contributed by atoms with Gasteiger partial charge in [0.1, 0.15) is 30.5 Å². The van der Waals surface area contributed by atoms with Crippen molar-refractivity contribution in [3.8, 4) is 0 Å². The van der Waals surface area contributed by atoms with Crippen LogP contribution < -0.4 is 17.0 Å². The van der Waals surface area contributed by atoms with Gasteiger partial charge >= 0.3 is 11.9 Å². The van der Waals surface area contributed by atoms with Crippen LogP contribution in [0.1, 0.15) is 65.7 Å². The number of nitrogens with zero attached hydrogens (tertiary/aromatic N) is 1. The van der Waals surface area contributed by atoms with E-state index >= 15 is 0 Å². The first-order valence-corrected chi connectivity index (χ1v) is 18.8. The molecule has 0 amide bonds. The SMILES string of the molecule is CC[C@H]1CCC[C@H](OC(=O)C[n+]2ccccc2)[C@@H](C)C(=O)C2=C[C@@H]3[C@@H](C=C[C@@H]4C[C@@H](O[C@@H]5O[C@@H](C)[C@H](OC)[C@@H](OC)[C@H]5OC)C[C@@H]34)[C@@H]2CC(=O)O1.[Cl-]. The number of halogens is 1. The fourth-order valence-corrected chi connectivity index (χ4v) is 9.36. The van der Waals surface area contributed by atoms with Crippen LogP contribution in [0.15, 0.2) is 54.4 Å². The molecule has 0 radical (unpaired) electrons. The van der Waals surface area contributed by atoms with E-state index in [-0.39, 0.29) is 103 Å². The maximum Gasteiger partial charge on any atom is 0.372 e. The molecular weight excluding hydrogens is 690 g/mol. The van der Waals surface area contributed by atoms with Crippen LogP contribution >= 0.6 is 0 Å². The Morgan fingerprint density at radius 2 is 1.65 bits per heavy atom. The third kappa shape index (κ3) is 8.66. The molecule has 12 heteroatoms. The third-order valence-corrected chi connectivity index (χ3v) is 12.0. The summed E-state index contributed by atoms with van der Waals surface area (Å²) in [4.78, 5) is 41.0. The van der Waals surface area contributed by atoms with E-state index in [9.17, 15) is 14.4 Å². The van der Waals surface area contributed by atoms with E-state index < -0.39 is 24.4 Å². The van der Waals surface area contributed by atoms with Crippen molar-refractivity contribution in [3.05, 3.63) is 54.4 Å². The first-order valence-electron chi connectivity index (χ1n) is 18.8. The van der Waals surface area contributed by atoms with Crippen LogP contribution in [0.4, 0.5) is 0 Å². The van der Waals surface area contributed by atoms with Crippen LogP contribution in [0, 0.1) is 35.5 Å². The monoisotopic (exact) mass is 745 g/mol. The van der Waals surface area contributed by atoms with Crippen molar-refractivity contribution in [2.45, 2.75) is 121 Å². The number of carbonyl (C=O) groups is 3. The van der Waals surface area contributed by atoms with Gasteiger partial charge in [0.15, 0.2) is 24.5 Å². The summed E-state index contributed by atoms with van der Waals surface area (Å²) in [7, 11) is 4.92. The van der Waals surface area contributed by atoms with E-state index in [1.807, 2.05) is 51.4 Å². The number of hydrogen-bond acceptors (Lipinski definition) is 10. The van der Waals surface area contributed by atoms with E-state index in [0.29, 0.717) is 31.3 Å². The Balaban J connectivity index is 0.00000523. The molecule has 2 saturated heterocycles. The lowest BCUT2D eigenvalue weighted by molar-refractivity contribution is -0.686. The molecule has 2 aliphatic heterocycles. The largest absolute Gasteiger partial charge is 1.00 e. The van der Waals surface area contributed by atoms with Gasteiger partial charge < -0.3 is 45.6 Å². The van der Waals surface area contributed by atoms with Crippen molar-refractivity contribution in [2.75, 3.05) is 21.3 Å². The van der Waals surface area contributed by atoms with Crippen LogP contribution in [-0.4, -0.2) is 88.1 Å². The molecule has 3 fully saturated rings. The first kappa shape index (κ1) is 40.5. The number of aromatic nitrogens is 1. The number of rotatable bonds is 9. The van der Waals surface area contributed by atoms with Crippen LogP contribution in [-0.2, 0) is 54.1 Å². The predicted octanol–water partition coefficient (Wildman–Crippen LogP) is 1.55. The summed E-state index contributed by atoms with van der Waals surface area (Å²) in [6, 6.07) is 5.61. The molecule has 3 aliphatic carbocycles. The van der Waals surface area contributed by atoms with Gasteiger partial charge in [0.25, 0.3) is 0 Å². The maximum absolute atomic E-state index is 14.5. The number of Topliss-reactive ketones (excluding diaryl/α,β-unsaturated/α-hetero) is 1. The van der Waals surface area contributed by atoms with E-state index in [0.717, 1.165) is 12.8 Å². The number of pyridine rings is 1. The molecule has 14 atom stereocenters. The Morgan fingerprint density at radius 1 is 0.923 bits per heavy atom. The van der Waals surface area contributed by atoms with E-state index in [1.54, 1.807) is 25.9 Å². The summed E-state index contributed by atoms with van der Waals surface area (Å²) in [5.74, 6) is -1.02. The van der Waals surface area contributed by atoms with Gasteiger partial charge in [0.2, 0.25) is 6.54 Å². The summed E-state index contributed by atoms with van der Waals surface area (Å²) < 4.78 is 44.1. The predicted molar refractivity (Wildman–Crippen MR) is 185 cm³/mol. The van der Waals surface area contributed by atoms with Crippen molar-refractivity contribution in [1.82, 2.24) is 0 Å². The van der Waals surface area contributed by atoms with Gasteiger partial charge in [-0.3, -0.25) is 9.59 Å². The Labute approximate surface area is 314 Å². The lowest BCUT2D eigenvalue weighted by Crippen LogP contribution is -3.00. The van der Waals surface area contributed by atoms with Gasteiger partial charge in [-0.2, -0.15) is 4.57 Å². The van der Waals surface area contributed by atoms with Crippen molar-refractivity contribution in [1.29, 1.82) is 0 Å². The number of hydrogen-bond donors (Lipinski definition) is 0. The molecule has 0 spiro atoms. The van der Waals surface area contributed by atoms with Crippen LogP contribution in [0.2, 0.25) is 0 Å². The Kier molecular flexibility index (Phi) is 14.1. The maximum atomic E-state index is 14.5. The van der Waals surface area contributed by atoms with Gasteiger partial charge in [-0.25, -0.2) is 4.79 Å². The highest BCUT2D eigenvalue weighted by Gasteiger charge is 2.52. The second kappa shape index (κ2) is 18.1. The molecule has 5 aliphatic rings. The van der Waals surface area contributed by atoms with Gasteiger partial charge in [0.05, 0.1) is 24.5 Å². The molecule has 0 bridgehead atoms. The first-order chi connectivity index (χ1) is 24.6. The highest BCUT2D eigenvalue weighted by atomic mass is 35.5. The quantitative estimate of drug-likeness (QED) is 0.209. The molecule has 0 unspecified atom stereocenters. The summed E-state index contributed by atoms with van der Waals surface area (Å²) in [5.41, 5.74) is 0.661. The number of allylic oxidation sites excluding steroid dienone is 4. The zero-order valence-electron chi connectivity index (χ0n) is 31.3. The van der Waals surface area contributed by atoms with Crippen LogP contribution in [0.5, 0.6) is 0 Å². The average Bonchev–Trinajstić information content (AvgIpc) is 3.70. The fourth-order valence-electron chi connectivity index (χ4n) is 9.36. The Bertz CT molecular complexity index is 1440. The topological polar surface area (TPSA) is 120 Å². The molecule has 1 aromatic heterocycles. The molecule has 1 aromatic rings. The van der Waals surface area contributed by atoms with E-state index in [1.165, 1.54) is 0 Å². The molecule has 288 valence electrons. The lowest BCUT2D eigenvalue weighted by Gasteiger charge is -2.44. The van der Waals surface area contributed by atoms with Gasteiger partial charge in [-0.1, -0.05) is 38.1 Å². The molecule has 6 rings (SSSR count). The normalized spacial score (nSPS) is 39.1. The number of fused-ring (bicyclic) bond motifs is 5. The van der Waals surface area contributed by atoms with Crippen molar-refractivity contribution in [3.63, 3.8) is 0 Å². The van der Waals surface area contributed by atoms with Crippen LogP contribution in [0.25, 0.3) is 0 Å². The number of methoxy groups -OCH3 is 3. The van der Waals surface area contributed by atoms with Crippen molar-refractivity contribution in [2.24, 2.45) is 35.5 Å². The zero-order chi connectivity index (χ0) is 36.2. The van der Waals surface area contributed by atoms with Gasteiger partial charge in [-0.05, 0) is 74.7 Å². The molecule has 1 saturated carbocycles. The Morgan fingerprint density at radius 3 is 2.35 bits per heavy atom. The molecule has 0 N–H and O–H groups in total. The van der Waals surface area contributed by atoms with Crippen LogP contribution in [0.3, 0.4) is 0 Å². The van der Waals surface area contributed by atoms with E-state index in [4.69, 9.17) is 33.2 Å². The number of ether oxygens (including phenoxy) is 7. The zero-order valence-corrected chi connectivity index (χ0v) is 32.0. The fraction of sp³-hybridized carbons (Fsp3) is 0.700. The molecule has 0 aromatic carbocycles.